The van der Waals surface area contributed by atoms with E-state index in [0.717, 1.165) is 31.9 Å². The van der Waals surface area contributed by atoms with Crippen molar-refractivity contribution in [3.05, 3.63) is 52.5 Å². The third kappa shape index (κ3) is 4.41. The highest BCUT2D eigenvalue weighted by Crippen LogP contribution is 2.26. The number of rotatable bonds is 4. The molecule has 2 N–H and O–H groups in total. The number of nitrogens with one attached hydrogen (secondary N) is 1. The first-order valence-electron chi connectivity index (χ1n) is 8.48. The van der Waals surface area contributed by atoms with Crippen LogP contribution in [0.25, 0.3) is 0 Å². The summed E-state index contributed by atoms with van der Waals surface area (Å²) in [4.78, 5) is 16.9. The molecule has 0 bridgehead atoms. The van der Waals surface area contributed by atoms with Gasteiger partial charge in [0.25, 0.3) is 0 Å². The van der Waals surface area contributed by atoms with Crippen LogP contribution in [0.1, 0.15) is 6.92 Å². The van der Waals surface area contributed by atoms with Gasteiger partial charge in [-0.05, 0) is 49.4 Å². The maximum atomic E-state index is 12.6. The summed E-state index contributed by atoms with van der Waals surface area (Å²) in [7, 11) is 0. The van der Waals surface area contributed by atoms with Crippen LogP contribution in [0.4, 0.5) is 11.4 Å². The summed E-state index contributed by atoms with van der Waals surface area (Å²) in [5.74, 6) is 0.172. The van der Waals surface area contributed by atoms with Gasteiger partial charge in [0, 0.05) is 36.9 Å². The Balaban J connectivity index is 1.56. The number of hydrogen-bond donors (Lipinski definition) is 2. The summed E-state index contributed by atoms with van der Waals surface area (Å²) < 4.78 is 0. The van der Waals surface area contributed by atoms with Crippen molar-refractivity contribution in [3.63, 3.8) is 0 Å². The van der Waals surface area contributed by atoms with E-state index in [2.05, 4.69) is 15.1 Å². The topological polar surface area (TPSA) is 55.8 Å². The number of carbonyl (C=O) groups excluding carboxylic acids is 1. The van der Waals surface area contributed by atoms with Crippen LogP contribution in [0.15, 0.2) is 42.5 Å². The summed E-state index contributed by atoms with van der Waals surface area (Å²) in [6, 6.07) is 11.9. The number of phenols is 1. The lowest BCUT2D eigenvalue weighted by atomic mass is 10.2. The third-order valence-electron chi connectivity index (χ3n) is 4.65. The second-order valence-corrected chi connectivity index (χ2v) is 7.17. The lowest BCUT2D eigenvalue weighted by Gasteiger charge is -2.38. The van der Waals surface area contributed by atoms with Crippen molar-refractivity contribution in [3.8, 4) is 5.75 Å². The Hall–Kier alpha value is -1.95. The first-order valence-corrected chi connectivity index (χ1v) is 9.23. The molecule has 1 aliphatic rings. The molecule has 0 aromatic heterocycles. The minimum atomic E-state index is -0.260. The SMILES string of the molecule is C[C@@H](C(=O)Nc1ccc(Cl)cc1Cl)N1CCN(c2ccc(O)cc2)CC1. The third-order valence-corrected chi connectivity index (χ3v) is 5.19. The van der Waals surface area contributed by atoms with Crippen LogP contribution >= 0.6 is 23.2 Å². The van der Waals surface area contributed by atoms with Gasteiger partial charge in [-0.1, -0.05) is 23.2 Å². The minimum Gasteiger partial charge on any atom is -0.508 e. The van der Waals surface area contributed by atoms with Gasteiger partial charge in [0.2, 0.25) is 5.91 Å². The van der Waals surface area contributed by atoms with E-state index in [1.807, 2.05) is 19.1 Å². The number of phenolic OH excluding ortho intramolecular Hbond substituents is 1. The zero-order valence-electron chi connectivity index (χ0n) is 14.5. The van der Waals surface area contributed by atoms with Crippen LogP contribution in [-0.2, 0) is 4.79 Å². The van der Waals surface area contributed by atoms with Gasteiger partial charge < -0.3 is 15.3 Å². The van der Waals surface area contributed by atoms with Crippen molar-refractivity contribution in [2.75, 3.05) is 36.4 Å². The van der Waals surface area contributed by atoms with Gasteiger partial charge in [-0.2, -0.15) is 0 Å². The molecule has 26 heavy (non-hydrogen) atoms. The van der Waals surface area contributed by atoms with Crippen LogP contribution < -0.4 is 10.2 Å². The molecule has 2 aromatic carbocycles. The van der Waals surface area contributed by atoms with E-state index in [9.17, 15) is 9.90 Å². The van der Waals surface area contributed by atoms with Gasteiger partial charge in [0.1, 0.15) is 5.75 Å². The Morgan fingerprint density at radius 1 is 1.08 bits per heavy atom. The predicted molar refractivity (Wildman–Crippen MR) is 106 cm³/mol. The summed E-state index contributed by atoms with van der Waals surface area (Å²) >= 11 is 12.0. The number of amides is 1. The normalized spacial score (nSPS) is 16.3. The van der Waals surface area contributed by atoms with Crippen molar-refractivity contribution in [2.45, 2.75) is 13.0 Å². The molecule has 0 aliphatic carbocycles. The van der Waals surface area contributed by atoms with E-state index in [0.29, 0.717) is 15.7 Å². The van der Waals surface area contributed by atoms with Gasteiger partial charge in [-0.15, -0.1) is 0 Å². The number of aromatic hydroxyl groups is 1. The first kappa shape index (κ1) is 18.8. The Kier molecular flexibility index (Phi) is 5.91. The molecule has 1 atom stereocenters. The fourth-order valence-electron chi connectivity index (χ4n) is 3.02. The quantitative estimate of drug-likeness (QED) is 0.827. The summed E-state index contributed by atoms with van der Waals surface area (Å²) in [5, 5.41) is 13.2. The zero-order valence-corrected chi connectivity index (χ0v) is 16.0. The number of carbonyl (C=O) groups is 1. The number of benzene rings is 2. The standard InChI is InChI=1S/C19H21Cl2N3O2/c1-13(19(26)22-18-7-2-14(20)12-17(18)21)23-8-10-24(11-9-23)15-3-5-16(25)6-4-15/h2-7,12-13,25H,8-11H2,1H3,(H,22,26)/t13-/m0/s1. The predicted octanol–water partition coefficient (Wildman–Crippen LogP) is 3.85. The van der Waals surface area contributed by atoms with Crippen LogP contribution in [-0.4, -0.2) is 48.1 Å². The van der Waals surface area contributed by atoms with E-state index in [1.54, 1.807) is 30.3 Å². The van der Waals surface area contributed by atoms with E-state index in [4.69, 9.17) is 23.2 Å². The zero-order chi connectivity index (χ0) is 18.7. The molecule has 1 fully saturated rings. The Morgan fingerprint density at radius 2 is 1.73 bits per heavy atom. The second kappa shape index (κ2) is 8.16. The lowest BCUT2D eigenvalue weighted by Crippen LogP contribution is -2.52. The van der Waals surface area contributed by atoms with Crippen molar-refractivity contribution >= 4 is 40.5 Å². The average Bonchev–Trinajstić information content (AvgIpc) is 2.64. The van der Waals surface area contributed by atoms with Gasteiger partial charge in [-0.25, -0.2) is 0 Å². The fraction of sp³-hybridized carbons (Fsp3) is 0.316. The van der Waals surface area contributed by atoms with Gasteiger partial charge in [0.05, 0.1) is 16.8 Å². The highest BCUT2D eigenvalue weighted by atomic mass is 35.5. The van der Waals surface area contributed by atoms with Crippen molar-refractivity contribution < 1.29 is 9.90 Å². The molecule has 0 spiro atoms. The summed E-state index contributed by atoms with van der Waals surface area (Å²) in [6.45, 7) is 5.11. The number of anilines is 2. The molecular weight excluding hydrogens is 373 g/mol. The van der Waals surface area contributed by atoms with Crippen LogP contribution in [0, 0.1) is 0 Å². The average molecular weight is 394 g/mol. The monoisotopic (exact) mass is 393 g/mol. The highest BCUT2D eigenvalue weighted by molar-refractivity contribution is 6.36. The second-order valence-electron chi connectivity index (χ2n) is 6.33. The Bertz CT molecular complexity index is 775. The molecule has 138 valence electrons. The van der Waals surface area contributed by atoms with E-state index < -0.39 is 0 Å². The van der Waals surface area contributed by atoms with Gasteiger partial charge in [-0.3, -0.25) is 9.69 Å². The smallest absolute Gasteiger partial charge is 0.241 e. The van der Waals surface area contributed by atoms with E-state index in [1.165, 1.54) is 0 Å². The molecule has 5 nitrogen and oxygen atoms in total. The van der Waals surface area contributed by atoms with Crippen LogP contribution in [0.5, 0.6) is 5.75 Å². The van der Waals surface area contributed by atoms with Crippen molar-refractivity contribution in [1.82, 2.24) is 4.90 Å². The molecule has 2 aromatic rings. The largest absolute Gasteiger partial charge is 0.508 e. The maximum absolute atomic E-state index is 12.6. The number of halogens is 2. The molecule has 0 radical (unpaired) electrons. The molecule has 3 rings (SSSR count). The number of hydrogen-bond acceptors (Lipinski definition) is 4. The molecule has 0 unspecified atom stereocenters. The minimum absolute atomic E-state index is 0.0905. The Morgan fingerprint density at radius 3 is 2.35 bits per heavy atom. The number of nitrogens with zero attached hydrogens (tertiary/aromatic N) is 2. The van der Waals surface area contributed by atoms with Crippen molar-refractivity contribution in [2.24, 2.45) is 0 Å². The molecular formula is C19H21Cl2N3O2. The fourth-order valence-corrected chi connectivity index (χ4v) is 3.48. The maximum Gasteiger partial charge on any atom is 0.241 e. The van der Waals surface area contributed by atoms with Crippen LogP contribution in [0.3, 0.4) is 0 Å². The summed E-state index contributed by atoms with van der Waals surface area (Å²) in [5.41, 5.74) is 1.64. The van der Waals surface area contributed by atoms with Crippen LogP contribution in [0.2, 0.25) is 10.0 Å². The first-order chi connectivity index (χ1) is 12.4. The molecule has 0 saturated carbocycles. The van der Waals surface area contributed by atoms with E-state index >= 15 is 0 Å². The van der Waals surface area contributed by atoms with Gasteiger partial charge >= 0.3 is 0 Å². The molecule has 7 heteroatoms. The highest BCUT2D eigenvalue weighted by Gasteiger charge is 2.26. The molecule has 1 saturated heterocycles. The molecule has 1 amide bonds. The summed E-state index contributed by atoms with van der Waals surface area (Å²) in [6.07, 6.45) is 0. The van der Waals surface area contributed by atoms with E-state index in [-0.39, 0.29) is 17.7 Å². The number of piperazine rings is 1. The molecule has 1 heterocycles. The van der Waals surface area contributed by atoms with Gasteiger partial charge in [0.15, 0.2) is 0 Å². The lowest BCUT2D eigenvalue weighted by molar-refractivity contribution is -0.120. The Labute approximate surface area is 163 Å². The van der Waals surface area contributed by atoms with Crippen molar-refractivity contribution in [1.29, 1.82) is 0 Å². The molecule has 1 aliphatic heterocycles.